The number of hydrogen-bond donors (Lipinski definition) is 0. The molecule has 0 aliphatic rings. The van der Waals surface area contributed by atoms with Gasteiger partial charge in [0.15, 0.2) is 13.6 Å². The maximum absolute atomic E-state index is 6.14. The highest BCUT2D eigenvalue weighted by Gasteiger charge is 2.28. The van der Waals surface area contributed by atoms with Gasteiger partial charge in [-0.1, -0.05) is 65.8 Å². The summed E-state index contributed by atoms with van der Waals surface area (Å²) in [6.07, 6.45) is 0.826. The fourth-order valence-electron chi connectivity index (χ4n) is 4.04. The van der Waals surface area contributed by atoms with Crippen LogP contribution in [-0.2, 0) is 20.3 Å². The van der Waals surface area contributed by atoms with Crippen molar-refractivity contribution in [2.24, 2.45) is 0 Å². The average molecular weight is 475 g/mol. The van der Waals surface area contributed by atoms with Crippen molar-refractivity contribution in [3.63, 3.8) is 0 Å². The van der Waals surface area contributed by atoms with Crippen LogP contribution in [0.3, 0.4) is 0 Å². The van der Waals surface area contributed by atoms with E-state index in [9.17, 15) is 0 Å². The average Bonchev–Trinajstić information content (AvgIpc) is 2.71. The van der Waals surface area contributed by atoms with Crippen LogP contribution in [0.2, 0.25) is 0 Å². The molecule has 0 amide bonds. The molecule has 4 nitrogen and oxygen atoms in total. The van der Waals surface area contributed by atoms with E-state index in [0.29, 0.717) is 0 Å². The monoisotopic (exact) mass is 474 g/mol. The molecule has 2 aromatic carbocycles. The van der Waals surface area contributed by atoms with Crippen molar-refractivity contribution in [1.82, 2.24) is 0 Å². The topological polar surface area (TPSA) is 36.9 Å². The van der Waals surface area contributed by atoms with Crippen LogP contribution in [0, 0.1) is 13.8 Å². The highest BCUT2D eigenvalue weighted by atomic mass is 31.0. The summed E-state index contributed by atoms with van der Waals surface area (Å²) in [6, 6.07) is 9.05. The molecular weight excluding hydrogens is 431 g/mol. The molecule has 2 aromatic rings. The Bertz CT molecular complexity index is 863. The number of benzene rings is 2. The Morgan fingerprint density at radius 1 is 0.697 bits per heavy atom. The summed E-state index contributed by atoms with van der Waals surface area (Å²) < 4.78 is 22.8. The van der Waals surface area contributed by atoms with Crippen LogP contribution in [0.15, 0.2) is 24.3 Å². The third-order valence-corrected chi connectivity index (χ3v) is 6.44. The van der Waals surface area contributed by atoms with Crippen LogP contribution in [0.4, 0.5) is 0 Å². The van der Waals surface area contributed by atoms with E-state index in [-0.39, 0.29) is 30.3 Å². The van der Waals surface area contributed by atoms with Gasteiger partial charge in [-0.25, -0.2) is 0 Å². The molecule has 1 atom stereocenters. The molecule has 2 rings (SSSR count). The zero-order chi connectivity index (χ0) is 25.0. The van der Waals surface area contributed by atoms with Gasteiger partial charge in [0, 0.05) is 31.3 Å². The number of methoxy groups -OCH3 is 2. The second-order valence-corrected chi connectivity index (χ2v) is 11.3. The zero-order valence-electron chi connectivity index (χ0n) is 22.2. The summed E-state index contributed by atoms with van der Waals surface area (Å²) in [5, 5.41) is 0. The number of hydrogen-bond acceptors (Lipinski definition) is 4. The number of ether oxygens (including phenoxy) is 4. The van der Waals surface area contributed by atoms with Crippen molar-refractivity contribution < 1.29 is 18.9 Å². The molecular formula is C28H43O4P. The molecule has 184 valence electrons. The predicted octanol–water partition coefficient (Wildman–Crippen LogP) is 6.87. The van der Waals surface area contributed by atoms with Crippen molar-refractivity contribution in [3.8, 4) is 11.5 Å². The Morgan fingerprint density at radius 2 is 1.06 bits per heavy atom. The first-order valence-corrected chi connectivity index (χ1v) is 12.4. The SMILES string of the molecule is COCOc1c(C)cc(C(C)(C)C)cc1C(CP)c1cc(C(C)(C)C)cc(C)c1OCOC. The van der Waals surface area contributed by atoms with Gasteiger partial charge in [0.05, 0.1) is 0 Å². The standard InChI is InChI=1S/C28H43O4P/c1-18-11-20(27(3,4)5)13-22(25(18)31-16-29-9)24(15-33)23-14-21(28(6,7)8)12-19(2)26(23)32-17-30-10/h11-14,24H,15-17,33H2,1-10H3. The molecule has 0 spiro atoms. The minimum absolute atomic E-state index is 0.0171. The van der Waals surface area contributed by atoms with Crippen LogP contribution in [-0.4, -0.2) is 34.0 Å². The van der Waals surface area contributed by atoms with E-state index in [0.717, 1.165) is 39.9 Å². The van der Waals surface area contributed by atoms with Crippen LogP contribution in [0.1, 0.15) is 80.8 Å². The predicted molar refractivity (Wildman–Crippen MR) is 141 cm³/mol. The van der Waals surface area contributed by atoms with E-state index in [2.05, 4.69) is 88.9 Å². The minimum Gasteiger partial charge on any atom is -0.467 e. The van der Waals surface area contributed by atoms with Gasteiger partial charge in [0.25, 0.3) is 0 Å². The molecule has 33 heavy (non-hydrogen) atoms. The van der Waals surface area contributed by atoms with Crippen molar-refractivity contribution in [1.29, 1.82) is 0 Å². The van der Waals surface area contributed by atoms with Gasteiger partial charge in [-0.2, -0.15) is 0 Å². The fraction of sp³-hybridized carbons (Fsp3) is 0.571. The molecule has 1 unspecified atom stereocenters. The first-order chi connectivity index (χ1) is 15.3. The lowest BCUT2D eigenvalue weighted by molar-refractivity contribution is 0.0489. The Morgan fingerprint density at radius 3 is 1.33 bits per heavy atom. The zero-order valence-corrected chi connectivity index (χ0v) is 23.4. The van der Waals surface area contributed by atoms with Gasteiger partial charge in [-0.15, -0.1) is 9.24 Å². The summed E-state index contributed by atoms with van der Waals surface area (Å²) in [5.74, 6) is 1.83. The minimum atomic E-state index is 0.0171. The van der Waals surface area contributed by atoms with E-state index >= 15 is 0 Å². The lowest BCUT2D eigenvalue weighted by atomic mass is 9.79. The fourth-order valence-corrected chi connectivity index (χ4v) is 4.55. The molecule has 0 aliphatic heterocycles. The summed E-state index contributed by atoms with van der Waals surface area (Å²) in [4.78, 5) is 0. The molecule has 0 aliphatic carbocycles. The second-order valence-electron chi connectivity index (χ2n) is 10.8. The molecule has 0 N–H and O–H groups in total. The molecule has 0 heterocycles. The largest absolute Gasteiger partial charge is 0.467 e. The summed E-state index contributed by atoms with van der Waals surface area (Å²) in [6.45, 7) is 18.1. The van der Waals surface area contributed by atoms with E-state index in [1.807, 2.05) is 0 Å². The lowest BCUT2D eigenvalue weighted by Gasteiger charge is -2.29. The van der Waals surface area contributed by atoms with Gasteiger partial charge in [0.1, 0.15) is 11.5 Å². The summed E-state index contributed by atoms with van der Waals surface area (Å²) >= 11 is 0. The third-order valence-electron chi connectivity index (χ3n) is 5.97. The van der Waals surface area contributed by atoms with E-state index in [1.54, 1.807) is 14.2 Å². The summed E-state index contributed by atoms with van der Waals surface area (Å²) in [7, 11) is 6.24. The van der Waals surface area contributed by atoms with E-state index in [4.69, 9.17) is 18.9 Å². The lowest BCUT2D eigenvalue weighted by Crippen LogP contribution is -2.18. The Labute approximate surface area is 203 Å². The van der Waals surface area contributed by atoms with Crippen molar-refractivity contribution >= 4 is 9.24 Å². The highest BCUT2D eigenvalue weighted by Crippen LogP contribution is 2.44. The van der Waals surface area contributed by atoms with Crippen LogP contribution in [0.25, 0.3) is 0 Å². The second kappa shape index (κ2) is 11.2. The van der Waals surface area contributed by atoms with E-state index < -0.39 is 0 Å². The highest BCUT2D eigenvalue weighted by molar-refractivity contribution is 7.16. The van der Waals surface area contributed by atoms with Crippen LogP contribution < -0.4 is 9.47 Å². The molecule has 0 saturated heterocycles. The van der Waals surface area contributed by atoms with Gasteiger partial charge in [-0.3, -0.25) is 0 Å². The Balaban J connectivity index is 2.84. The van der Waals surface area contributed by atoms with E-state index in [1.165, 1.54) is 11.1 Å². The van der Waals surface area contributed by atoms with Crippen LogP contribution >= 0.6 is 9.24 Å². The maximum Gasteiger partial charge on any atom is 0.188 e. The van der Waals surface area contributed by atoms with Gasteiger partial charge >= 0.3 is 0 Å². The third kappa shape index (κ3) is 6.72. The first kappa shape index (κ1) is 27.6. The first-order valence-electron chi connectivity index (χ1n) is 11.6. The maximum atomic E-state index is 6.14. The van der Waals surface area contributed by atoms with Gasteiger partial charge < -0.3 is 18.9 Å². The quantitative estimate of drug-likeness (QED) is 0.294. The molecule has 0 saturated carbocycles. The molecule has 0 fully saturated rings. The summed E-state index contributed by atoms with van der Waals surface area (Å²) in [5.41, 5.74) is 7.13. The van der Waals surface area contributed by atoms with Crippen molar-refractivity contribution in [2.45, 2.75) is 72.1 Å². The van der Waals surface area contributed by atoms with Crippen molar-refractivity contribution in [2.75, 3.05) is 34.0 Å². The van der Waals surface area contributed by atoms with Gasteiger partial charge in [0.2, 0.25) is 0 Å². The molecule has 0 radical (unpaired) electrons. The smallest absolute Gasteiger partial charge is 0.188 e. The Hall–Kier alpha value is -1.61. The number of aryl methyl sites for hydroxylation is 2. The number of rotatable bonds is 9. The van der Waals surface area contributed by atoms with Crippen molar-refractivity contribution in [3.05, 3.63) is 57.6 Å². The molecule has 5 heteroatoms. The van der Waals surface area contributed by atoms with Gasteiger partial charge in [-0.05, 0) is 53.1 Å². The molecule has 0 aromatic heterocycles. The van der Waals surface area contributed by atoms with Crippen LogP contribution in [0.5, 0.6) is 11.5 Å². The Kier molecular flexibility index (Phi) is 9.39. The normalized spacial score (nSPS) is 12.4. The molecule has 0 bridgehead atoms.